The van der Waals surface area contributed by atoms with Crippen LogP contribution in [0.2, 0.25) is 0 Å². The van der Waals surface area contributed by atoms with Gasteiger partial charge in [0, 0.05) is 6.54 Å². The first-order chi connectivity index (χ1) is 9.47. The van der Waals surface area contributed by atoms with Crippen molar-refractivity contribution in [3.05, 3.63) is 29.8 Å². The van der Waals surface area contributed by atoms with Crippen molar-refractivity contribution in [3.63, 3.8) is 0 Å². The summed E-state index contributed by atoms with van der Waals surface area (Å²) in [5.41, 5.74) is 0.960. The molecule has 2 rings (SSSR count). The van der Waals surface area contributed by atoms with Gasteiger partial charge in [-0.1, -0.05) is 12.1 Å². The van der Waals surface area contributed by atoms with E-state index in [1.807, 2.05) is 38.1 Å². The van der Waals surface area contributed by atoms with Gasteiger partial charge in [0.25, 0.3) is 0 Å². The summed E-state index contributed by atoms with van der Waals surface area (Å²) in [6.07, 6.45) is 0.575. The van der Waals surface area contributed by atoms with Crippen molar-refractivity contribution in [2.45, 2.75) is 32.9 Å². The molecule has 0 aliphatic heterocycles. The van der Waals surface area contributed by atoms with E-state index in [1.54, 1.807) is 0 Å². The Labute approximate surface area is 117 Å². The normalized spacial score (nSPS) is 20.6. The Morgan fingerprint density at radius 3 is 2.45 bits per heavy atom. The van der Waals surface area contributed by atoms with E-state index >= 15 is 0 Å². The Kier molecular flexibility index (Phi) is 4.27. The van der Waals surface area contributed by atoms with Crippen LogP contribution in [0.15, 0.2) is 24.3 Å². The zero-order chi connectivity index (χ0) is 14.7. The van der Waals surface area contributed by atoms with E-state index in [0.717, 1.165) is 11.3 Å². The Morgan fingerprint density at radius 2 is 1.95 bits per heavy atom. The van der Waals surface area contributed by atoms with Gasteiger partial charge in [0.1, 0.15) is 5.75 Å². The highest BCUT2D eigenvalue weighted by molar-refractivity contribution is 5.89. The van der Waals surface area contributed by atoms with Gasteiger partial charge in [-0.2, -0.15) is 0 Å². The molecule has 5 heteroatoms. The molecular weight excluding hydrogens is 258 g/mol. The molecule has 0 heterocycles. The predicted molar refractivity (Wildman–Crippen MR) is 73.3 cm³/mol. The molecule has 1 aromatic carbocycles. The minimum absolute atomic E-state index is 0.128. The minimum Gasteiger partial charge on any atom is -0.491 e. The average Bonchev–Trinajstić information content (AvgIpc) is 3.17. The molecule has 108 valence electrons. The summed E-state index contributed by atoms with van der Waals surface area (Å²) in [7, 11) is 0. The maximum absolute atomic E-state index is 11.7. The number of rotatable bonds is 6. The highest BCUT2D eigenvalue weighted by Crippen LogP contribution is 2.38. The SMILES string of the molecule is CC(C)Oc1ccc(CNC(=O)[C@H]2C[C@@H]2C(=O)O)cc1. The number of amides is 1. The molecule has 0 spiro atoms. The van der Waals surface area contributed by atoms with Crippen molar-refractivity contribution >= 4 is 11.9 Å². The lowest BCUT2D eigenvalue weighted by Crippen LogP contribution is -2.25. The Balaban J connectivity index is 1.80. The van der Waals surface area contributed by atoms with Crippen LogP contribution >= 0.6 is 0 Å². The van der Waals surface area contributed by atoms with Crippen molar-refractivity contribution in [3.8, 4) is 5.75 Å². The second-order valence-electron chi connectivity index (χ2n) is 5.32. The zero-order valence-electron chi connectivity index (χ0n) is 11.6. The number of carboxylic acid groups (broad SMARTS) is 1. The molecule has 0 unspecified atom stereocenters. The smallest absolute Gasteiger partial charge is 0.307 e. The quantitative estimate of drug-likeness (QED) is 0.831. The fourth-order valence-corrected chi connectivity index (χ4v) is 2.04. The van der Waals surface area contributed by atoms with Crippen LogP contribution in [0.25, 0.3) is 0 Å². The van der Waals surface area contributed by atoms with Gasteiger partial charge in [0.15, 0.2) is 0 Å². The molecule has 2 N–H and O–H groups in total. The molecule has 1 fully saturated rings. The maximum Gasteiger partial charge on any atom is 0.307 e. The van der Waals surface area contributed by atoms with E-state index in [-0.39, 0.29) is 17.9 Å². The summed E-state index contributed by atoms with van der Waals surface area (Å²) in [4.78, 5) is 22.4. The first-order valence-electron chi connectivity index (χ1n) is 6.73. The number of benzene rings is 1. The van der Waals surface area contributed by atoms with Crippen molar-refractivity contribution in [1.29, 1.82) is 0 Å². The molecule has 1 aliphatic carbocycles. The highest BCUT2D eigenvalue weighted by Gasteiger charge is 2.48. The van der Waals surface area contributed by atoms with Gasteiger partial charge in [-0.05, 0) is 38.0 Å². The number of hydrogen-bond donors (Lipinski definition) is 2. The zero-order valence-corrected chi connectivity index (χ0v) is 11.6. The third-order valence-electron chi connectivity index (χ3n) is 3.21. The molecule has 0 saturated heterocycles. The van der Waals surface area contributed by atoms with Gasteiger partial charge in [0.05, 0.1) is 17.9 Å². The van der Waals surface area contributed by atoms with Crippen LogP contribution < -0.4 is 10.1 Å². The lowest BCUT2D eigenvalue weighted by Gasteiger charge is -2.10. The summed E-state index contributed by atoms with van der Waals surface area (Å²) < 4.78 is 5.53. The third kappa shape index (κ3) is 3.73. The van der Waals surface area contributed by atoms with Crippen molar-refractivity contribution in [2.24, 2.45) is 11.8 Å². The van der Waals surface area contributed by atoms with Crippen molar-refractivity contribution in [1.82, 2.24) is 5.32 Å². The standard InChI is InChI=1S/C15H19NO4/c1-9(2)20-11-5-3-10(4-6-11)8-16-14(17)12-7-13(12)15(18)19/h3-6,9,12-13H,7-8H2,1-2H3,(H,16,17)(H,18,19)/t12-,13-/m0/s1. The van der Waals surface area contributed by atoms with E-state index in [2.05, 4.69) is 5.32 Å². The molecule has 0 bridgehead atoms. The molecule has 2 atom stereocenters. The Morgan fingerprint density at radius 1 is 1.30 bits per heavy atom. The molecule has 1 aliphatic rings. The first kappa shape index (κ1) is 14.4. The van der Waals surface area contributed by atoms with Gasteiger partial charge in [-0.25, -0.2) is 0 Å². The summed E-state index contributed by atoms with van der Waals surface area (Å²) in [5, 5.41) is 11.5. The van der Waals surface area contributed by atoms with E-state index in [4.69, 9.17) is 9.84 Å². The number of hydrogen-bond acceptors (Lipinski definition) is 3. The van der Waals surface area contributed by atoms with E-state index < -0.39 is 11.9 Å². The average molecular weight is 277 g/mol. The number of carbonyl (C=O) groups excluding carboxylic acids is 1. The maximum atomic E-state index is 11.7. The van der Waals surface area contributed by atoms with Crippen LogP contribution in [0.4, 0.5) is 0 Å². The Hall–Kier alpha value is -2.04. The molecule has 1 amide bonds. The van der Waals surface area contributed by atoms with E-state index in [9.17, 15) is 9.59 Å². The van der Waals surface area contributed by atoms with Crippen LogP contribution in [0.1, 0.15) is 25.8 Å². The number of carbonyl (C=O) groups is 2. The fourth-order valence-electron chi connectivity index (χ4n) is 2.04. The number of ether oxygens (including phenoxy) is 1. The minimum atomic E-state index is -0.889. The molecule has 0 radical (unpaired) electrons. The number of aliphatic carboxylic acids is 1. The van der Waals surface area contributed by atoms with Crippen LogP contribution in [0, 0.1) is 11.8 Å². The highest BCUT2D eigenvalue weighted by atomic mass is 16.5. The van der Waals surface area contributed by atoms with Crippen LogP contribution in [-0.2, 0) is 16.1 Å². The van der Waals surface area contributed by atoms with Gasteiger partial charge in [0.2, 0.25) is 5.91 Å². The van der Waals surface area contributed by atoms with Crippen LogP contribution in [-0.4, -0.2) is 23.1 Å². The number of nitrogens with one attached hydrogen (secondary N) is 1. The lowest BCUT2D eigenvalue weighted by atomic mass is 10.2. The molecule has 0 aromatic heterocycles. The van der Waals surface area contributed by atoms with Crippen LogP contribution in [0.5, 0.6) is 5.75 Å². The fraction of sp³-hybridized carbons (Fsp3) is 0.467. The van der Waals surface area contributed by atoms with Gasteiger partial charge < -0.3 is 15.2 Å². The summed E-state index contributed by atoms with van der Waals surface area (Å²) in [5.74, 6) is -1.14. The molecule has 1 saturated carbocycles. The molecule has 5 nitrogen and oxygen atoms in total. The lowest BCUT2D eigenvalue weighted by molar-refractivity contribution is -0.140. The summed E-state index contributed by atoms with van der Waals surface area (Å²) >= 11 is 0. The Bertz CT molecular complexity index is 495. The monoisotopic (exact) mass is 277 g/mol. The van der Waals surface area contributed by atoms with Crippen molar-refractivity contribution in [2.75, 3.05) is 0 Å². The van der Waals surface area contributed by atoms with Gasteiger partial charge in [-0.3, -0.25) is 9.59 Å². The second-order valence-corrected chi connectivity index (χ2v) is 5.32. The molecular formula is C15H19NO4. The van der Waals surface area contributed by atoms with Crippen molar-refractivity contribution < 1.29 is 19.4 Å². The van der Waals surface area contributed by atoms with E-state index in [1.165, 1.54) is 0 Å². The largest absolute Gasteiger partial charge is 0.491 e. The summed E-state index contributed by atoms with van der Waals surface area (Å²) in [6, 6.07) is 7.50. The van der Waals surface area contributed by atoms with Crippen LogP contribution in [0.3, 0.4) is 0 Å². The predicted octanol–water partition coefficient (Wildman–Crippen LogP) is 1.81. The van der Waals surface area contributed by atoms with Gasteiger partial charge in [-0.15, -0.1) is 0 Å². The van der Waals surface area contributed by atoms with Gasteiger partial charge >= 0.3 is 5.97 Å². The summed E-state index contributed by atoms with van der Waals surface area (Å²) in [6.45, 7) is 4.33. The molecule has 20 heavy (non-hydrogen) atoms. The second kappa shape index (κ2) is 5.94. The first-order valence-corrected chi connectivity index (χ1v) is 6.73. The van der Waals surface area contributed by atoms with E-state index in [0.29, 0.717) is 13.0 Å². The topological polar surface area (TPSA) is 75.6 Å². The number of carboxylic acids is 1. The molecule has 1 aromatic rings. The third-order valence-corrected chi connectivity index (χ3v) is 3.21.